The van der Waals surface area contributed by atoms with Crippen LogP contribution in [0.2, 0.25) is 0 Å². The van der Waals surface area contributed by atoms with Crippen molar-refractivity contribution in [3.8, 4) is 0 Å². The van der Waals surface area contributed by atoms with Gasteiger partial charge in [0.2, 0.25) is 5.91 Å². The number of rotatable bonds is 14. The molecular formula is C19H35N3O3S2. The molecule has 0 aliphatic heterocycles. The van der Waals surface area contributed by atoms with Crippen molar-refractivity contribution in [3.05, 3.63) is 24.3 Å². The average molecular weight is 418 g/mol. The lowest BCUT2D eigenvalue weighted by molar-refractivity contribution is -0.142. The molecule has 5 N–H and O–H groups in total. The largest absolute Gasteiger partial charge is 0.480 e. The van der Waals surface area contributed by atoms with Gasteiger partial charge < -0.3 is 21.5 Å². The molecule has 0 saturated carbocycles. The summed E-state index contributed by atoms with van der Waals surface area (Å²) in [7, 11) is 1.77. The van der Waals surface area contributed by atoms with Crippen LogP contribution in [0.15, 0.2) is 24.3 Å². The summed E-state index contributed by atoms with van der Waals surface area (Å²) < 4.78 is 0. The minimum absolute atomic E-state index is 0.104. The fourth-order valence-electron chi connectivity index (χ4n) is 2.34. The van der Waals surface area contributed by atoms with Crippen molar-refractivity contribution < 1.29 is 14.7 Å². The normalized spacial score (nSPS) is 16.6. The van der Waals surface area contributed by atoms with Crippen molar-refractivity contribution in [1.82, 2.24) is 10.6 Å². The van der Waals surface area contributed by atoms with Crippen LogP contribution in [0.25, 0.3) is 0 Å². The Balaban J connectivity index is 5.15. The monoisotopic (exact) mass is 417 g/mol. The summed E-state index contributed by atoms with van der Waals surface area (Å²) in [6.07, 6.45) is 10.1. The zero-order chi connectivity index (χ0) is 20.8. The van der Waals surface area contributed by atoms with Crippen molar-refractivity contribution in [2.45, 2.75) is 32.4 Å². The number of carboxylic acid groups (broad SMARTS) is 1. The van der Waals surface area contributed by atoms with E-state index in [1.165, 1.54) is 0 Å². The zero-order valence-corrected chi connectivity index (χ0v) is 18.4. The van der Waals surface area contributed by atoms with E-state index in [0.29, 0.717) is 30.4 Å². The van der Waals surface area contributed by atoms with E-state index in [1.807, 2.05) is 30.6 Å². The maximum atomic E-state index is 12.6. The number of thioether (sulfide) groups is 1. The first-order valence-corrected chi connectivity index (χ1v) is 11.2. The molecule has 4 unspecified atom stereocenters. The second-order valence-electron chi connectivity index (χ2n) is 6.78. The summed E-state index contributed by atoms with van der Waals surface area (Å²) in [5.74, 6) is -0.0101. The number of nitrogens with two attached hydrogens (primary N) is 1. The number of nitrogens with one attached hydrogen (secondary N) is 2. The molecule has 0 aliphatic rings. The average Bonchev–Trinajstić information content (AvgIpc) is 2.62. The molecule has 8 heteroatoms. The summed E-state index contributed by atoms with van der Waals surface area (Å²) in [4.78, 5) is 24.0. The highest BCUT2D eigenvalue weighted by atomic mass is 32.2. The maximum Gasteiger partial charge on any atom is 0.326 e. The van der Waals surface area contributed by atoms with E-state index in [2.05, 4.69) is 37.1 Å². The van der Waals surface area contributed by atoms with Gasteiger partial charge in [-0.05, 0) is 37.3 Å². The van der Waals surface area contributed by atoms with E-state index in [0.717, 1.165) is 0 Å². The molecule has 0 aliphatic carbocycles. The molecule has 0 aromatic carbocycles. The fraction of sp³-hybridized carbons (Fsp3) is 0.684. The van der Waals surface area contributed by atoms with E-state index in [9.17, 15) is 14.7 Å². The molecule has 0 aromatic heterocycles. The fourth-order valence-corrected chi connectivity index (χ4v) is 2.94. The van der Waals surface area contributed by atoms with E-state index in [-0.39, 0.29) is 17.9 Å². The number of hydrogen-bond donors (Lipinski definition) is 5. The molecule has 0 heterocycles. The molecule has 0 aromatic rings. The lowest BCUT2D eigenvalue weighted by Gasteiger charge is -2.19. The van der Waals surface area contributed by atoms with Crippen LogP contribution < -0.4 is 16.4 Å². The van der Waals surface area contributed by atoms with Crippen molar-refractivity contribution in [3.63, 3.8) is 0 Å². The Bertz CT molecular complexity index is 499. The van der Waals surface area contributed by atoms with Crippen molar-refractivity contribution in [2.75, 3.05) is 31.4 Å². The van der Waals surface area contributed by atoms with Gasteiger partial charge in [-0.2, -0.15) is 24.4 Å². The molecule has 0 bridgehead atoms. The van der Waals surface area contributed by atoms with Gasteiger partial charge in [0.15, 0.2) is 0 Å². The van der Waals surface area contributed by atoms with Crippen LogP contribution in [0.4, 0.5) is 0 Å². The van der Waals surface area contributed by atoms with Gasteiger partial charge in [-0.25, -0.2) is 4.79 Å². The number of amides is 1. The van der Waals surface area contributed by atoms with Gasteiger partial charge in [0.25, 0.3) is 0 Å². The summed E-state index contributed by atoms with van der Waals surface area (Å²) in [5, 5.41) is 15.0. The molecule has 0 saturated heterocycles. The highest BCUT2D eigenvalue weighted by Crippen LogP contribution is 2.16. The van der Waals surface area contributed by atoms with Gasteiger partial charge in [-0.1, -0.05) is 38.2 Å². The first-order chi connectivity index (χ1) is 12.8. The molecule has 4 atom stereocenters. The third-order valence-corrected chi connectivity index (χ3v) is 5.18. The molecule has 156 valence electrons. The minimum atomic E-state index is -1.01. The van der Waals surface area contributed by atoms with Gasteiger partial charge in [0, 0.05) is 18.3 Å². The van der Waals surface area contributed by atoms with Gasteiger partial charge in [0.05, 0.1) is 5.92 Å². The molecule has 1 amide bonds. The molecular weight excluding hydrogens is 382 g/mol. The van der Waals surface area contributed by atoms with Crippen molar-refractivity contribution in [2.24, 2.45) is 23.5 Å². The summed E-state index contributed by atoms with van der Waals surface area (Å²) in [6.45, 7) is 4.63. The Labute approximate surface area is 173 Å². The standard InChI is InChI=1S/C19H35N3O3S2/c1-13(2)14(7-8-16(20)12-26)5-6-15(11-21-3)18(23)22-17(19(24)25)9-10-27-4/h5-8,13-17,21,26H,9-12,20H2,1-4H3,(H,22,23)(H,24,25)/b6-5-,8-7+. The predicted molar refractivity (Wildman–Crippen MR) is 118 cm³/mol. The second-order valence-corrected chi connectivity index (χ2v) is 8.13. The first kappa shape index (κ1) is 26.0. The van der Waals surface area contributed by atoms with Crippen LogP contribution >= 0.6 is 24.4 Å². The van der Waals surface area contributed by atoms with Gasteiger partial charge in [0.1, 0.15) is 6.04 Å². The molecule has 0 fully saturated rings. The lowest BCUT2D eigenvalue weighted by Crippen LogP contribution is -2.45. The highest BCUT2D eigenvalue weighted by Gasteiger charge is 2.23. The van der Waals surface area contributed by atoms with E-state index >= 15 is 0 Å². The molecule has 27 heavy (non-hydrogen) atoms. The Hall–Kier alpha value is -0.960. The Morgan fingerprint density at radius 3 is 2.33 bits per heavy atom. The maximum absolute atomic E-state index is 12.6. The Morgan fingerprint density at radius 2 is 1.85 bits per heavy atom. The van der Waals surface area contributed by atoms with Crippen LogP contribution in [-0.2, 0) is 9.59 Å². The number of carbonyl (C=O) groups excluding carboxylic acids is 1. The van der Waals surface area contributed by atoms with E-state index in [1.54, 1.807) is 18.8 Å². The SMILES string of the molecule is CNCC(/C=C\C(/C=C/C(N)CS)C(C)C)C(=O)NC(CCSC)C(=O)O. The number of thiol groups is 1. The molecule has 6 nitrogen and oxygen atoms in total. The van der Waals surface area contributed by atoms with Crippen LogP contribution in [-0.4, -0.2) is 60.4 Å². The summed E-state index contributed by atoms with van der Waals surface area (Å²) >= 11 is 5.73. The highest BCUT2D eigenvalue weighted by molar-refractivity contribution is 7.98. The number of carboxylic acids is 1. The van der Waals surface area contributed by atoms with Crippen molar-refractivity contribution in [1.29, 1.82) is 0 Å². The van der Waals surface area contributed by atoms with Crippen molar-refractivity contribution >= 4 is 36.3 Å². The third-order valence-electron chi connectivity index (χ3n) is 4.11. The quantitative estimate of drug-likeness (QED) is 0.218. The Kier molecular flexibility index (Phi) is 14.5. The topological polar surface area (TPSA) is 104 Å². The van der Waals surface area contributed by atoms with E-state index in [4.69, 9.17) is 5.73 Å². The van der Waals surface area contributed by atoms with Crippen LogP contribution in [0.5, 0.6) is 0 Å². The van der Waals surface area contributed by atoms with Gasteiger partial charge in [-0.15, -0.1) is 0 Å². The minimum Gasteiger partial charge on any atom is -0.480 e. The predicted octanol–water partition coefficient (Wildman–Crippen LogP) is 1.79. The molecule has 0 spiro atoms. The van der Waals surface area contributed by atoms with E-state index < -0.39 is 17.9 Å². The second kappa shape index (κ2) is 15.0. The van der Waals surface area contributed by atoms with Gasteiger partial charge >= 0.3 is 5.97 Å². The summed E-state index contributed by atoms with van der Waals surface area (Å²) in [5.41, 5.74) is 5.88. The number of aliphatic carboxylic acids is 1. The molecule has 0 rings (SSSR count). The third kappa shape index (κ3) is 11.5. The first-order valence-electron chi connectivity index (χ1n) is 9.16. The molecule has 0 radical (unpaired) electrons. The van der Waals surface area contributed by atoms with Crippen LogP contribution in [0, 0.1) is 17.8 Å². The van der Waals surface area contributed by atoms with Crippen LogP contribution in [0.1, 0.15) is 20.3 Å². The number of allylic oxidation sites excluding steroid dienone is 2. The number of hydrogen-bond acceptors (Lipinski definition) is 6. The smallest absolute Gasteiger partial charge is 0.326 e. The van der Waals surface area contributed by atoms with Crippen LogP contribution in [0.3, 0.4) is 0 Å². The Morgan fingerprint density at radius 1 is 1.22 bits per heavy atom. The number of carbonyl (C=O) groups is 2. The summed E-state index contributed by atoms with van der Waals surface area (Å²) in [6, 6.07) is -0.973. The lowest BCUT2D eigenvalue weighted by atomic mass is 9.92. The zero-order valence-electron chi connectivity index (χ0n) is 16.7. The van der Waals surface area contributed by atoms with Gasteiger partial charge in [-0.3, -0.25) is 4.79 Å².